The predicted molar refractivity (Wildman–Crippen MR) is 77.5 cm³/mol. The Morgan fingerprint density at radius 1 is 0.950 bits per heavy atom. The third-order valence-corrected chi connectivity index (χ3v) is 3.21. The molecular formula is C15H15BFNO2. The Morgan fingerprint density at radius 3 is 2.25 bits per heavy atom. The van der Waals surface area contributed by atoms with Crippen molar-refractivity contribution in [3.05, 3.63) is 59.9 Å². The fraction of sp³-hybridized carbons (Fsp3) is 0.200. The van der Waals surface area contributed by atoms with Gasteiger partial charge < -0.3 is 14.6 Å². The SMILES string of the molecule is Fc1ccc(NCc2ccc(B3OCCO3)cc2)cc1. The fourth-order valence-corrected chi connectivity index (χ4v) is 2.12. The normalized spacial score (nSPS) is 14.6. The van der Waals surface area contributed by atoms with Crippen LogP contribution in [0.15, 0.2) is 48.5 Å². The average molecular weight is 271 g/mol. The minimum Gasteiger partial charge on any atom is -0.405 e. The van der Waals surface area contributed by atoms with Crippen LogP contribution in [0.1, 0.15) is 5.56 Å². The minimum absolute atomic E-state index is 0.225. The van der Waals surface area contributed by atoms with E-state index < -0.39 is 0 Å². The van der Waals surface area contributed by atoms with Gasteiger partial charge in [-0.1, -0.05) is 24.3 Å². The van der Waals surface area contributed by atoms with Gasteiger partial charge in [-0.25, -0.2) is 4.39 Å². The predicted octanol–water partition coefficient (Wildman–Crippen LogP) is 2.18. The number of nitrogens with one attached hydrogen (secondary N) is 1. The number of rotatable bonds is 4. The van der Waals surface area contributed by atoms with Crippen LogP contribution in [0, 0.1) is 5.82 Å². The molecule has 3 nitrogen and oxygen atoms in total. The molecule has 0 aliphatic carbocycles. The van der Waals surface area contributed by atoms with E-state index in [-0.39, 0.29) is 12.9 Å². The molecular weight excluding hydrogens is 256 g/mol. The Bertz CT molecular complexity index is 553. The van der Waals surface area contributed by atoms with E-state index in [9.17, 15) is 4.39 Å². The standard InChI is InChI=1S/C15H15BFNO2/c17-14-5-7-15(8-6-14)18-11-12-1-3-13(4-2-12)16-19-9-10-20-16/h1-8,18H,9-11H2. The van der Waals surface area contributed by atoms with E-state index in [0.717, 1.165) is 16.7 Å². The lowest BCUT2D eigenvalue weighted by atomic mass is 9.79. The first-order valence-electron chi connectivity index (χ1n) is 6.63. The van der Waals surface area contributed by atoms with E-state index in [4.69, 9.17) is 9.31 Å². The molecule has 0 unspecified atom stereocenters. The number of hydrogen-bond acceptors (Lipinski definition) is 3. The highest BCUT2D eigenvalue weighted by atomic mass is 19.1. The van der Waals surface area contributed by atoms with Crippen molar-refractivity contribution < 1.29 is 13.7 Å². The van der Waals surface area contributed by atoms with Crippen LogP contribution in [-0.4, -0.2) is 20.3 Å². The highest BCUT2D eigenvalue weighted by Gasteiger charge is 2.25. The summed E-state index contributed by atoms with van der Waals surface area (Å²) in [7, 11) is -0.228. The molecule has 1 N–H and O–H groups in total. The van der Waals surface area contributed by atoms with E-state index in [2.05, 4.69) is 5.32 Å². The van der Waals surface area contributed by atoms with Gasteiger partial charge in [-0.3, -0.25) is 0 Å². The van der Waals surface area contributed by atoms with Crippen LogP contribution in [0.2, 0.25) is 0 Å². The first-order valence-corrected chi connectivity index (χ1v) is 6.63. The van der Waals surface area contributed by atoms with Gasteiger partial charge in [0.15, 0.2) is 0 Å². The lowest BCUT2D eigenvalue weighted by molar-refractivity contribution is 0.365. The summed E-state index contributed by atoms with van der Waals surface area (Å²) in [5.74, 6) is -0.225. The van der Waals surface area contributed by atoms with Crippen LogP contribution >= 0.6 is 0 Å². The lowest BCUT2D eigenvalue weighted by Crippen LogP contribution is -2.31. The van der Waals surface area contributed by atoms with Crippen molar-refractivity contribution in [1.29, 1.82) is 0 Å². The zero-order valence-electron chi connectivity index (χ0n) is 11.0. The van der Waals surface area contributed by atoms with Gasteiger partial charge in [0, 0.05) is 12.2 Å². The Morgan fingerprint density at radius 2 is 1.60 bits per heavy atom. The molecule has 2 aromatic carbocycles. The van der Waals surface area contributed by atoms with E-state index in [1.54, 1.807) is 12.1 Å². The van der Waals surface area contributed by atoms with Gasteiger partial charge in [0.05, 0.1) is 13.2 Å². The third-order valence-electron chi connectivity index (χ3n) is 3.21. The van der Waals surface area contributed by atoms with Crippen molar-refractivity contribution in [1.82, 2.24) is 0 Å². The quantitative estimate of drug-likeness (QED) is 0.864. The Balaban J connectivity index is 1.59. The second-order valence-electron chi connectivity index (χ2n) is 4.68. The molecule has 102 valence electrons. The van der Waals surface area contributed by atoms with Gasteiger partial charge in [0.1, 0.15) is 5.82 Å². The number of hydrogen-bond donors (Lipinski definition) is 1. The topological polar surface area (TPSA) is 30.5 Å². The highest BCUT2D eigenvalue weighted by Crippen LogP contribution is 2.10. The Labute approximate surface area is 117 Å². The first kappa shape index (κ1) is 13.2. The molecule has 3 rings (SSSR count). The summed E-state index contributed by atoms with van der Waals surface area (Å²) in [4.78, 5) is 0. The number of benzene rings is 2. The van der Waals surface area contributed by atoms with Crippen LogP contribution in [0.5, 0.6) is 0 Å². The van der Waals surface area contributed by atoms with E-state index in [0.29, 0.717) is 19.8 Å². The Hall–Kier alpha value is -1.85. The Kier molecular flexibility index (Phi) is 3.99. The molecule has 0 amide bonds. The highest BCUT2D eigenvalue weighted by molar-refractivity contribution is 6.61. The summed E-state index contributed by atoms with van der Waals surface area (Å²) < 4.78 is 23.7. The molecule has 2 aromatic rings. The average Bonchev–Trinajstić information content (AvgIpc) is 3.01. The summed E-state index contributed by atoms with van der Waals surface area (Å²) in [6.45, 7) is 2.00. The summed E-state index contributed by atoms with van der Waals surface area (Å²) in [5, 5.41) is 3.25. The minimum atomic E-state index is -0.228. The molecule has 0 radical (unpaired) electrons. The van der Waals surface area contributed by atoms with Gasteiger partial charge in [-0.2, -0.15) is 0 Å². The summed E-state index contributed by atoms with van der Waals surface area (Å²) in [5.41, 5.74) is 3.09. The molecule has 0 bridgehead atoms. The van der Waals surface area contributed by atoms with Crippen molar-refractivity contribution in [3.8, 4) is 0 Å². The summed E-state index contributed by atoms with van der Waals surface area (Å²) in [6.07, 6.45) is 0. The molecule has 20 heavy (non-hydrogen) atoms. The second-order valence-corrected chi connectivity index (χ2v) is 4.68. The van der Waals surface area contributed by atoms with Crippen molar-refractivity contribution in [2.45, 2.75) is 6.54 Å². The van der Waals surface area contributed by atoms with Crippen molar-refractivity contribution >= 4 is 18.3 Å². The summed E-state index contributed by atoms with van der Waals surface area (Å²) >= 11 is 0. The molecule has 5 heteroatoms. The van der Waals surface area contributed by atoms with Crippen LogP contribution in [0.25, 0.3) is 0 Å². The van der Waals surface area contributed by atoms with Crippen molar-refractivity contribution in [2.24, 2.45) is 0 Å². The van der Waals surface area contributed by atoms with Crippen LogP contribution < -0.4 is 10.8 Å². The monoisotopic (exact) mass is 271 g/mol. The van der Waals surface area contributed by atoms with E-state index >= 15 is 0 Å². The fourth-order valence-electron chi connectivity index (χ4n) is 2.12. The maximum Gasteiger partial charge on any atom is 0.494 e. The smallest absolute Gasteiger partial charge is 0.405 e. The molecule has 1 aliphatic heterocycles. The molecule has 0 spiro atoms. The molecule has 0 atom stereocenters. The first-order chi connectivity index (χ1) is 9.81. The molecule has 1 heterocycles. The lowest BCUT2D eigenvalue weighted by Gasteiger charge is -2.08. The zero-order valence-corrected chi connectivity index (χ0v) is 11.0. The van der Waals surface area contributed by atoms with Crippen LogP contribution in [-0.2, 0) is 15.9 Å². The van der Waals surface area contributed by atoms with E-state index in [1.807, 2.05) is 24.3 Å². The van der Waals surface area contributed by atoms with E-state index in [1.165, 1.54) is 12.1 Å². The largest absolute Gasteiger partial charge is 0.494 e. The summed E-state index contributed by atoms with van der Waals surface area (Å²) in [6, 6.07) is 14.4. The number of halogens is 1. The van der Waals surface area contributed by atoms with Gasteiger partial charge in [0.2, 0.25) is 0 Å². The van der Waals surface area contributed by atoms with Gasteiger partial charge >= 0.3 is 7.12 Å². The maximum atomic E-state index is 12.8. The third kappa shape index (κ3) is 3.18. The molecule has 0 aromatic heterocycles. The molecule has 1 saturated heterocycles. The maximum absolute atomic E-state index is 12.8. The van der Waals surface area contributed by atoms with Crippen LogP contribution in [0.4, 0.5) is 10.1 Å². The number of anilines is 1. The van der Waals surface area contributed by atoms with Crippen LogP contribution in [0.3, 0.4) is 0 Å². The second kappa shape index (κ2) is 6.07. The van der Waals surface area contributed by atoms with Gasteiger partial charge in [0.25, 0.3) is 0 Å². The molecule has 1 aliphatic rings. The van der Waals surface area contributed by atoms with Gasteiger partial charge in [-0.15, -0.1) is 0 Å². The van der Waals surface area contributed by atoms with Gasteiger partial charge in [-0.05, 0) is 35.3 Å². The van der Waals surface area contributed by atoms with Crippen molar-refractivity contribution in [3.63, 3.8) is 0 Å². The molecule has 1 fully saturated rings. The zero-order chi connectivity index (χ0) is 13.8. The van der Waals surface area contributed by atoms with Crippen molar-refractivity contribution in [2.75, 3.05) is 18.5 Å². The molecule has 0 saturated carbocycles.